The monoisotopic (exact) mass is 247 g/mol. The van der Waals surface area contributed by atoms with Crippen molar-refractivity contribution in [2.75, 3.05) is 11.9 Å². The number of allylic oxidation sites excluding steroid dienone is 1. The van der Waals surface area contributed by atoms with Crippen molar-refractivity contribution >= 4 is 11.6 Å². The van der Waals surface area contributed by atoms with Crippen LogP contribution in [0.1, 0.15) is 32.8 Å². The van der Waals surface area contributed by atoms with Crippen molar-refractivity contribution in [1.82, 2.24) is 0 Å². The van der Waals surface area contributed by atoms with E-state index in [9.17, 15) is 4.79 Å². The fourth-order valence-electron chi connectivity index (χ4n) is 1.57. The third-order valence-corrected chi connectivity index (χ3v) is 3.12. The molecule has 0 unspecified atom stereocenters. The highest BCUT2D eigenvalue weighted by molar-refractivity contribution is 6.03. The number of anilines is 1. The molecule has 0 aliphatic rings. The molecular weight excluding hydrogens is 226 g/mol. The first-order chi connectivity index (χ1) is 8.58. The maximum Gasteiger partial charge on any atom is 0.251 e. The van der Waals surface area contributed by atoms with Crippen LogP contribution in [0.15, 0.2) is 35.4 Å². The van der Waals surface area contributed by atoms with Gasteiger partial charge in [-0.05, 0) is 44.4 Å². The Labute approximate surface area is 109 Å². The molecule has 0 aliphatic heterocycles. The van der Waals surface area contributed by atoms with Crippen LogP contribution in [-0.4, -0.2) is 17.6 Å². The van der Waals surface area contributed by atoms with E-state index in [4.69, 9.17) is 5.11 Å². The van der Waals surface area contributed by atoms with Crippen LogP contribution in [-0.2, 0) is 11.2 Å². The first kappa shape index (κ1) is 14.5. The minimum absolute atomic E-state index is 0.0516. The van der Waals surface area contributed by atoms with Gasteiger partial charge in [0.25, 0.3) is 5.91 Å². The average molecular weight is 247 g/mol. The van der Waals surface area contributed by atoms with Crippen molar-refractivity contribution < 1.29 is 9.90 Å². The van der Waals surface area contributed by atoms with E-state index in [1.807, 2.05) is 45.0 Å². The number of aliphatic hydroxyl groups is 1. The van der Waals surface area contributed by atoms with Crippen LogP contribution < -0.4 is 5.32 Å². The molecular formula is C15H21NO2. The van der Waals surface area contributed by atoms with E-state index in [-0.39, 0.29) is 12.5 Å². The number of amides is 1. The second kappa shape index (κ2) is 6.97. The van der Waals surface area contributed by atoms with E-state index in [0.29, 0.717) is 6.42 Å². The molecule has 0 aliphatic carbocycles. The van der Waals surface area contributed by atoms with Gasteiger partial charge in [-0.15, -0.1) is 0 Å². The number of benzene rings is 1. The third kappa shape index (κ3) is 4.00. The molecule has 1 amide bonds. The molecule has 1 aromatic rings. The Morgan fingerprint density at radius 1 is 1.22 bits per heavy atom. The summed E-state index contributed by atoms with van der Waals surface area (Å²) in [6.07, 6.45) is 1.52. The first-order valence-electron chi connectivity index (χ1n) is 6.26. The van der Waals surface area contributed by atoms with Crippen LogP contribution in [0, 0.1) is 0 Å². The molecule has 0 atom stereocenters. The molecule has 0 spiro atoms. The van der Waals surface area contributed by atoms with Gasteiger partial charge < -0.3 is 10.4 Å². The number of aliphatic hydroxyl groups excluding tert-OH is 1. The molecule has 18 heavy (non-hydrogen) atoms. The summed E-state index contributed by atoms with van der Waals surface area (Å²) in [6, 6.07) is 7.55. The van der Waals surface area contributed by atoms with Crippen LogP contribution in [0.3, 0.4) is 0 Å². The van der Waals surface area contributed by atoms with Crippen molar-refractivity contribution in [2.24, 2.45) is 0 Å². The normalized spacial score (nSPS) is 12.0. The van der Waals surface area contributed by atoms with Crippen molar-refractivity contribution in [3.8, 4) is 0 Å². The lowest BCUT2D eigenvalue weighted by molar-refractivity contribution is -0.112. The summed E-state index contributed by atoms with van der Waals surface area (Å²) in [4.78, 5) is 11.9. The zero-order chi connectivity index (χ0) is 13.5. The van der Waals surface area contributed by atoms with Gasteiger partial charge in [0.2, 0.25) is 0 Å². The van der Waals surface area contributed by atoms with Crippen molar-refractivity contribution in [1.29, 1.82) is 0 Å². The van der Waals surface area contributed by atoms with E-state index in [2.05, 4.69) is 5.32 Å². The summed E-state index contributed by atoms with van der Waals surface area (Å²) >= 11 is 0. The van der Waals surface area contributed by atoms with Gasteiger partial charge in [0.15, 0.2) is 0 Å². The van der Waals surface area contributed by atoms with Gasteiger partial charge in [-0.25, -0.2) is 0 Å². The summed E-state index contributed by atoms with van der Waals surface area (Å²) in [5.74, 6) is -0.0516. The fourth-order valence-corrected chi connectivity index (χ4v) is 1.57. The Kier molecular flexibility index (Phi) is 5.59. The number of hydrogen-bond donors (Lipinski definition) is 2. The summed E-state index contributed by atoms with van der Waals surface area (Å²) in [5.41, 5.74) is 3.72. The molecule has 2 N–H and O–H groups in total. The van der Waals surface area contributed by atoms with Gasteiger partial charge in [-0.2, -0.15) is 0 Å². The maximum absolute atomic E-state index is 11.9. The molecule has 3 nitrogen and oxygen atoms in total. The van der Waals surface area contributed by atoms with Crippen LogP contribution in [0.5, 0.6) is 0 Å². The summed E-state index contributed by atoms with van der Waals surface area (Å²) in [6.45, 7) is 5.99. The highest BCUT2D eigenvalue weighted by Crippen LogP contribution is 2.13. The zero-order valence-corrected chi connectivity index (χ0v) is 11.3. The Morgan fingerprint density at radius 2 is 1.83 bits per heavy atom. The van der Waals surface area contributed by atoms with Gasteiger partial charge in [0.1, 0.15) is 0 Å². The number of carbonyl (C=O) groups excluding carboxylic acids is 1. The van der Waals surface area contributed by atoms with Crippen molar-refractivity contribution in [3.05, 3.63) is 41.0 Å². The Morgan fingerprint density at radius 3 is 2.33 bits per heavy atom. The lowest BCUT2D eigenvalue weighted by Gasteiger charge is -2.08. The average Bonchev–Trinajstić information content (AvgIpc) is 2.39. The van der Waals surface area contributed by atoms with E-state index in [0.717, 1.165) is 28.8 Å². The highest BCUT2D eigenvalue weighted by atomic mass is 16.2. The van der Waals surface area contributed by atoms with E-state index in [1.165, 1.54) is 0 Å². The number of nitrogens with one attached hydrogen (secondary N) is 1. The molecule has 0 heterocycles. The molecule has 0 radical (unpaired) electrons. The van der Waals surface area contributed by atoms with E-state index < -0.39 is 0 Å². The van der Waals surface area contributed by atoms with E-state index in [1.54, 1.807) is 0 Å². The second-order valence-electron chi connectivity index (χ2n) is 4.38. The number of rotatable bonds is 5. The predicted octanol–water partition coefficient (Wildman–Crippen LogP) is 2.91. The predicted molar refractivity (Wildman–Crippen MR) is 74.5 cm³/mol. The molecule has 0 fully saturated rings. The van der Waals surface area contributed by atoms with Gasteiger partial charge >= 0.3 is 0 Å². The van der Waals surface area contributed by atoms with Crippen LogP contribution in [0.2, 0.25) is 0 Å². The molecule has 0 aromatic heterocycles. The van der Waals surface area contributed by atoms with Gasteiger partial charge in [0.05, 0.1) is 0 Å². The van der Waals surface area contributed by atoms with Crippen LogP contribution in [0.25, 0.3) is 0 Å². The minimum atomic E-state index is -0.0516. The second-order valence-corrected chi connectivity index (χ2v) is 4.38. The van der Waals surface area contributed by atoms with Crippen LogP contribution in [0.4, 0.5) is 5.69 Å². The quantitative estimate of drug-likeness (QED) is 0.786. The summed E-state index contributed by atoms with van der Waals surface area (Å²) in [7, 11) is 0. The fraction of sp³-hybridized carbons (Fsp3) is 0.400. The smallest absolute Gasteiger partial charge is 0.251 e. The summed E-state index contributed by atoms with van der Waals surface area (Å²) in [5, 5.41) is 11.7. The van der Waals surface area contributed by atoms with Gasteiger partial charge in [0, 0.05) is 17.9 Å². The largest absolute Gasteiger partial charge is 0.396 e. The molecule has 1 aromatic carbocycles. The highest BCUT2D eigenvalue weighted by Gasteiger charge is 2.07. The molecule has 1 rings (SSSR count). The summed E-state index contributed by atoms with van der Waals surface area (Å²) < 4.78 is 0. The van der Waals surface area contributed by atoms with Gasteiger partial charge in [-0.3, -0.25) is 4.79 Å². The zero-order valence-electron chi connectivity index (χ0n) is 11.3. The SMILES string of the molecule is CC/C(C)=C(/C)C(=O)Nc1ccc(CCO)cc1. The topological polar surface area (TPSA) is 49.3 Å². The Bertz CT molecular complexity index is 432. The number of hydrogen-bond acceptors (Lipinski definition) is 2. The Hall–Kier alpha value is -1.61. The molecule has 0 bridgehead atoms. The van der Waals surface area contributed by atoms with Gasteiger partial charge in [-0.1, -0.05) is 24.6 Å². The van der Waals surface area contributed by atoms with Crippen molar-refractivity contribution in [3.63, 3.8) is 0 Å². The van der Waals surface area contributed by atoms with Crippen LogP contribution >= 0.6 is 0 Å². The third-order valence-electron chi connectivity index (χ3n) is 3.12. The molecule has 98 valence electrons. The van der Waals surface area contributed by atoms with Crippen molar-refractivity contribution in [2.45, 2.75) is 33.6 Å². The first-order valence-corrected chi connectivity index (χ1v) is 6.26. The molecule has 3 heteroatoms. The van der Waals surface area contributed by atoms with E-state index >= 15 is 0 Å². The molecule has 0 saturated carbocycles. The minimum Gasteiger partial charge on any atom is -0.396 e. The maximum atomic E-state index is 11.9. The molecule has 0 saturated heterocycles. The lowest BCUT2D eigenvalue weighted by Crippen LogP contribution is -2.13. The Balaban J connectivity index is 2.71. The lowest BCUT2D eigenvalue weighted by atomic mass is 10.1. The number of carbonyl (C=O) groups is 1. The standard InChI is InChI=1S/C15H21NO2/c1-4-11(2)12(3)15(18)16-14-7-5-13(6-8-14)9-10-17/h5-8,17H,4,9-10H2,1-3H3,(H,16,18)/b12-11-.